The van der Waals surface area contributed by atoms with Crippen molar-refractivity contribution in [3.05, 3.63) is 82.2 Å². The van der Waals surface area contributed by atoms with Crippen LogP contribution in [0.4, 0.5) is 5.69 Å². The molecule has 0 amide bonds. The Labute approximate surface area is 223 Å². The number of methoxy groups -OCH3 is 1. The van der Waals surface area contributed by atoms with E-state index in [0.717, 1.165) is 5.56 Å². The van der Waals surface area contributed by atoms with Gasteiger partial charge >= 0.3 is 11.9 Å². The molecule has 204 valence electrons. The van der Waals surface area contributed by atoms with E-state index in [2.05, 4.69) is 10.0 Å². The number of benzene rings is 2. The zero-order chi connectivity index (χ0) is 28.0. The summed E-state index contributed by atoms with van der Waals surface area (Å²) >= 11 is 0. The number of hydrogen-bond acceptors (Lipinski definition) is 8. The smallest absolute Gasteiger partial charge is 0.337 e. The van der Waals surface area contributed by atoms with Crippen LogP contribution in [0.1, 0.15) is 44.7 Å². The lowest BCUT2D eigenvalue weighted by molar-refractivity contribution is -0.143. The number of allylic oxidation sites excluding steroid dienone is 2. The maximum Gasteiger partial charge on any atom is 0.337 e. The summed E-state index contributed by atoms with van der Waals surface area (Å²) in [6, 6.07) is 13.1. The van der Waals surface area contributed by atoms with E-state index in [-0.39, 0.29) is 41.0 Å². The minimum absolute atomic E-state index is 0.0314. The average Bonchev–Trinajstić information content (AvgIpc) is 2.83. The van der Waals surface area contributed by atoms with Crippen LogP contribution in [0.15, 0.2) is 76.0 Å². The summed E-state index contributed by atoms with van der Waals surface area (Å²) in [6.45, 7) is 9.04. The van der Waals surface area contributed by atoms with Gasteiger partial charge in [0.25, 0.3) is 10.0 Å². The zero-order valence-corrected chi connectivity index (χ0v) is 23.3. The number of hydrogen-bond donors (Lipinski definition) is 2. The monoisotopic (exact) mass is 542 g/mol. The van der Waals surface area contributed by atoms with Gasteiger partial charge in [-0.3, -0.25) is 4.72 Å². The maximum atomic E-state index is 13.2. The van der Waals surface area contributed by atoms with Crippen LogP contribution in [-0.2, 0) is 33.8 Å². The van der Waals surface area contributed by atoms with Gasteiger partial charge in [0.1, 0.15) is 6.61 Å². The fourth-order valence-electron chi connectivity index (χ4n) is 4.15. The van der Waals surface area contributed by atoms with E-state index < -0.39 is 27.9 Å². The minimum atomic E-state index is -3.87. The lowest BCUT2D eigenvalue weighted by Crippen LogP contribution is -2.33. The molecule has 2 aromatic rings. The third-order valence-corrected chi connectivity index (χ3v) is 7.26. The number of nitrogens with one attached hydrogen (secondary N) is 2. The molecule has 0 saturated heterocycles. The molecule has 0 spiro atoms. The summed E-state index contributed by atoms with van der Waals surface area (Å²) in [4.78, 5) is 26.6. The Kier molecular flexibility index (Phi) is 9.35. The molecule has 0 bridgehead atoms. The Morgan fingerprint density at radius 3 is 2.18 bits per heavy atom. The molecular formula is C28H34N2O7S. The lowest BCUT2D eigenvalue weighted by atomic mass is 9.80. The SMILES string of the molecule is COCCOC(=O)C1=C(C)NC(C)=C(C(=O)OC(C)C)C1c1cccc(NS(=O)(=O)c2ccc(C)cc2)c1. The van der Waals surface area contributed by atoms with Crippen molar-refractivity contribution in [2.45, 2.75) is 51.5 Å². The predicted octanol–water partition coefficient (Wildman–Crippen LogP) is 4.17. The number of sulfonamides is 1. The van der Waals surface area contributed by atoms with E-state index in [0.29, 0.717) is 17.0 Å². The summed E-state index contributed by atoms with van der Waals surface area (Å²) in [7, 11) is -2.37. The first-order chi connectivity index (χ1) is 17.9. The molecule has 2 aromatic carbocycles. The van der Waals surface area contributed by atoms with Crippen molar-refractivity contribution in [2.24, 2.45) is 0 Å². The van der Waals surface area contributed by atoms with Gasteiger partial charge in [-0.05, 0) is 64.4 Å². The predicted molar refractivity (Wildman–Crippen MR) is 144 cm³/mol. The van der Waals surface area contributed by atoms with Gasteiger partial charge in [0.15, 0.2) is 0 Å². The Morgan fingerprint density at radius 2 is 1.58 bits per heavy atom. The number of ether oxygens (including phenoxy) is 3. The van der Waals surface area contributed by atoms with E-state index in [1.54, 1.807) is 64.1 Å². The molecule has 2 N–H and O–H groups in total. The molecule has 1 unspecified atom stereocenters. The fourth-order valence-corrected chi connectivity index (χ4v) is 5.20. The van der Waals surface area contributed by atoms with Gasteiger partial charge in [-0.15, -0.1) is 0 Å². The van der Waals surface area contributed by atoms with E-state index in [1.807, 2.05) is 6.92 Å². The van der Waals surface area contributed by atoms with Crippen LogP contribution < -0.4 is 10.0 Å². The first-order valence-corrected chi connectivity index (χ1v) is 13.7. The molecule has 1 aliphatic rings. The van der Waals surface area contributed by atoms with Crippen molar-refractivity contribution in [1.29, 1.82) is 0 Å². The highest BCUT2D eigenvalue weighted by Crippen LogP contribution is 2.40. The van der Waals surface area contributed by atoms with Crippen LogP contribution in [0.2, 0.25) is 0 Å². The number of esters is 2. The zero-order valence-electron chi connectivity index (χ0n) is 22.5. The van der Waals surface area contributed by atoms with Crippen molar-refractivity contribution in [3.63, 3.8) is 0 Å². The third-order valence-electron chi connectivity index (χ3n) is 5.87. The second kappa shape index (κ2) is 12.3. The molecule has 0 aliphatic carbocycles. The largest absolute Gasteiger partial charge is 0.460 e. The van der Waals surface area contributed by atoms with Gasteiger partial charge in [0.2, 0.25) is 0 Å². The summed E-state index contributed by atoms with van der Waals surface area (Å²) < 4.78 is 44.5. The van der Waals surface area contributed by atoms with Crippen molar-refractivity contribution >= 4 is 27.6 Å². The van der Waals surface area contributed by atoms with Crippen molar-refractivity contribution in [3.8, 4) is 0 Å². The normalized spacial score (nSPS) is 15.8. The van der Waals surface area contributed by atoms with Crippen LogP contribution in [0.3, 0.4) is 0 Å². The fraction of sp³-hybridized carbons (Fsp3) is 0.357. The van der Waals surface area contributed by atoms with Crippen LogP contribution in [0.25, 0.3) is 0 Å². The number of carbonyl (C=O) groups excluding carboxylic acids is 2. The molecule has 0 radical (unpaired) electrons. The Balaban J connectivity index is 2.07. The van der Waals surface area contributed by atoms with Crippen LogP contribution >= 0.6 is 0 Å². The van der Waals surface area contributed by atoms with E-state index >= 15 is 0 Å². The number of rotatable bonds is 10. The van der Waals surface area contributed by atoms with E-state index in [4.69, 9.17) is 14.2 Å². The van der Waals surface area contributed by atoms with Crippen LogP contribution in [0.5, 0.6) is 0 Å². The second-order valence-corrected chi connectivity index (χ2v) is 10.9. The highest BCUT2D eigenvalue weighted by Gasteiger charge is 2.38. The molecule has 1 heterocycles. The van der Waals surface area contributed by atoms with E-state index in [1.165, 1.54) is 19.2 Å². The Hall–Kier alpha value is -3.63. The van der Waals surface area contributed by atoms with Gasteiger partial charge in [-0.2, -0.15) is 0 Å². The van der Waals surface area contributed by atoms with Gasteiger partial charge in [-0.1, -0.05) is 29.8 Å². The van der Waals surface area contributed by atoms with Crippen molar-refractivity contribution in [2.75, 3.05) is 25.0 Å². The summed E-state index contributed by atoms with van der Waals surface area (Å²) in [5, 5.41) is 3.10. The number of anilines is 1. The topological polar surface area (TPSA) is 120 Å². The third kappa shape index (κ3) is 6.81. The molecule has 38 heavy (non-hydrogen) atoms. The second-order valence-electron chi connectivity index (χ2n) is 9.26. The summed E-state index contributed by atoms with van der Waals surface area (Å²) in [6.07, 6.45) is -0.389. The van der Waals surface area contributed by atoms with Crippen molar-refractivity contribution in [1.82, 2.24) is 5.32 Å². The number of carbonyl (C=O) groups is 2. The van der Waals surface area contributed by atoms with Gasteiger partial charge in [0, 0.05) is 24.2 Å². The highest BCUT2D eigenvalue weighted by molar-refractivity contribution is 7.92. The summed E-state index contributed by atoms with van der Waals surface area (Å²) in [5.74, 6) is -2.07. The minimum Gasteiger partial charge on any atom is -0.460 e. The first kappa shape index (κ1) is 28.9. The summed E-state index contributed by atoms with van der Waals surface area (Å²) in [5.41, 5.74) is 3.23. The number of dihydropyridines is 1. The van der Waals surface area contributed by atoms with Gasteiger partial charge in [-0.25, -0.2) is 18.0 Å². The Morgan fingerprint density at radius 1 is 0.947 bits per heavy atom. The molecule has 0 fully saturated rings. The molecular weight excluding hydrogens is 508 g/mol. The standard InChI is InChI=1S/C28H34N2O7S/c1-17(2)37-28(32)25-20(5)29-19(4)24(27(31)36-15-14-35-6)26(25)21-8-7-9-22(16-21)30-38(33,34)23-12-10-18(3)11-13-23/h7-13,16-17,26,29-30H,14-15H2,1-6H3. The average molecular weight is 543 g/mol. The maximum absolute atomic E-state index is 13.2. The first-order valence-electron chi connectivity index (χ1n) is 12.2. The molecule has 0 aromatic heterocycles. The van der Waals surface area contributed by atoms with Gasteiger partial charge in [0.05, 0.1) is 34.7 Å². The molecule has 1 aliphatic heterocycles. The van der Waals surface area contributed by atoms with Gasteiger partial charge < -0.3 is 19.5 Å². The highest BCUT2D eigenvalue weighted by atomic mass is 32.2. The molecule has 3 rings (SSSR count). The molecule has 1 atom stereocenters. The molecule has 9 nitrogen and oxygen atoms in total. The number of aryl methyl sites for hydroxylation is 1. The molecule has 0 saturated carbocycles. The molecule has 10 heteroatoms. The van der Waals surface area contributed by atoms with Crippen molar-refractivity contribution < 1.29 is 32.2 Å². The van der Waals surface area contributed by atoms with E-state index in [9.17, 15) is 18.0 Å². The van der Waals surface area contributed by atoms with Crippen LogP contribution in [-0.4, -0.2) is 46.8 Å². The van der Waals surface area contributed by atoms with Crippen LogP contribution in [0, 0.1) is 6.92 Å². The quantitative estimate of drug-likeness (QED) is 0.339. The lowest BCUT2D eigenvalue weighted by Gasteiger charge is -2.31. The Bertz CT molecular complexity index is 1360.